The van der Waals surface area contributed by atoms with Crippen LogP contribution in [-0.4, -0.2) is 23.5 Å². The van der Waals surface area contributed by atoms with Crippen molar-refractivity contribution in [3.63, 3.8) is 0 Å². The van der Waals surface area contributed by atoms with Crippen LogP contribution in [0.2, 0.25) is 0 Å². The van der Waals surface area contributed by atoms with E-state index in [1.807, 2.05) is 0 Å². The Hall–Kier alpha value is -1.32. The van der Waals surface area contributed by atoms with Crippen molar-refractivity contribution < 1.29 is 14.7 Å². The number of carbonyl (C=O) groups excluding carboxylic acids is 1. The molecule has 0 aromatic heterocycles. The van der Waals surface area contributed by atoms with E-state index < -0.39 is 5.97 Å². The largest absolute Gasteiger partial charge is 0.481 e. The molecule has 0 aromatic carbocycles. The van der Waals surface area contributed by atoms with Gasteiger partial charge < -0.3 is 10.4 Å². The predicted molar refractivity (Wildman–Crippen MR) is 77.2 cm³/mol. The van der Waals surface area contributed by atoms with Crippen molar-refractivity contribution in [3.8, 4) is 0 Å². The summed E-state index contributed by atoms with van der Waals surface area (Å²) in [4.78, 5) is 22.4. The van der Waals surface area contributed by atoms with Crippen molar-refractivity contribution in [1.82, 2.24) is 5.32 Å². The van der Waals surface area contributed by atoms with E-state index in [9.17, 15) is 9.59 Å². The molecule has 2 bridgehead atoms. The topological polar surface area (TPSA) is 66.4 Å². The molecule has 0 saturated heterocycles. The quantitative estimate of drug-likeness (QED) is 0.504. The first kappa shape index (κ1) is 15.1. The number of unbranched alkanes of at least 4 members (excludes halogenated alkanes) is 4. The van der Waals surface area contributed by atoms with Gasteiger partial charge in [0.25, 0.3) is 0 Å². The van der Waals surface area contributed by atoms with Crippen molar-refractivity contribution in [1.29, 1.82) is 0 Å². The molecule has 4 nitrogen and oxygen atoms in total. The van der Waals surface area contributed by atoms with Gasteiger partial charge in [0.15, 0.2) is 0 Å². The molecule has 20 heavy (non-hydrogen) atoms. The lowest BCUT2D eigenvalue weighted by molar-refractivity contribution is -0.137. The highest BCUT2D eigenvalue weighted by Gasteiger charge is 2.39. The molecule has 4 heteroatoms. The highest BCUT2D eigenvalue weighted by Crippen LogP contribution is 2.43. The number of carboxylic acids is 1. The molecule has 0 spiro atoms. The van der Waals surface area contributed by atoms with Crippen LogP contribution in [0.4, 0.5) is 0 Å². The van der Waals surface area contributed by atoms with E-state index in [0.29, 0.717) is 11.8 Å². The molecule has 2 aliphatic rings. The standard InChI is InChI=1S/C16H25NO3/c18-15(19)6-4-2-1-3-5-9-17-16(20)14-11-12-7-8-13(14)10-12/h7-8,12-14H,1-6,9-11H2,(H,17,20)(H,18,19). The minimum absolute atomic E-state index is 0.209. The van der Waals surface area contributed by atoms with Gasteiger partial charge >= 0.3 is 5.97 Å². The Morgan fingerprint density at radius 1 is 1.05 bits per heavy atom. The third-order valence-corrected chi connectivity index (χ3v) is 4.48. The zero-order valence-corrected chi connectivity index (χ0v) is 12.0. The maximum absolute atomic E-state index is 12.0. The molecule has 0 aliphatic heterocycles. The second kappa shape index (κ2) is 7.46. The van der Waals surface area contributed by atoms with E-state index in [-0.39, 0.29) is 18.2 Å². The number of rotatable bonds is 9. The molecular weight excluding hydrogens is 254 g/mol. The molecule has 1 saturated carbocycles. The van der Waals surface area contributed by atoms with Crippen LogP contribution >= 0.6 is 0 Å². The molecule has 2 aliphatic carbocycles. The Morgan fingerprint density at radius 3 is 2.45 bits per heavy atom. The minimum Gasteiger partial charge on any atom is -0.481 e. The Kier molecular flexibility index (Phi) is 5.62. The number of aliphatic carboxylic acids is 1. The van der Waals surface area contributed by atoms with Crippen molar-refractivity contribution in [3.05, 3.63) is 12.2 Å². The fraction of sp³-hybridized carbons (Fsp3) is 0.750. The van der Waals surface area contributed by atoms with Crippen molar-refractivity contribution in [2.24, 2.45) is 17.8 Å². The van der Waals surface area contributed by atoms with Crippen LogP contribution in [0.5, 0.6) is 0 Å². The molecule has 1 amide bonds. The van der Waals surface area contributed by atoms with E-state index in [4.69, 9.17) is 5.11 Å². The second-order valence-corrected chi connectivity index (χ2v) is 6.09. The van der Waals surface area contributed by atoms with Crippen LogP contribution in [-0.2, 0) is 9.59 Å². The molecule has 3 unspecified atom stereocenters. The third-order valence-electron chi connectivity index (χ3n) is 4.48. The molecule has 1 fully saturated rings. The number of carbonyl (C=O) groups is 2. The number of amides is 1. The van der Waals surface area contributed by atoms with E-state index in [0.717, 1.165) is 45.1 Å². The minimum atomic E-state index is -0.711. The van der Waals surface area contributed by atoms with Crippen LogP contribution in [0.25, 0.3) is 0 Å². The van der Waals surface area contributed by atoms with E-state index in [1.165, 1.54) is 6.42 Å². The number of allylic oxidation sites excluding steroid dienone is 2. The van der Waals surface area contributed by atoms with Crippen LogP contribution in [0.3, 0.4) is 0 Å². The number of hydrogen-bond donors (Lipinski definition) is 2. The van der Waals surface area contributed by atoms with Gasteiger partial charge in [0, 0.05) is 18.9 Å². The number of nitrogens with one attached hydrogen (secondary N) is 1. The Morgan fingerprint density at radius 2 is 1.80 bits per heavy atom. The summed E-state index contributed by atoms with van der Waals surface area (Å²) < 4.78 is 0. The van der Waals surface area contributed by atoms with Gasteiger partial charge in [-0.1, -0.05) is 31.4 Å². The summed E-state index contributed by atoms with van der Waals surface area (Å²) in [5.41, 5.74) is 0. The van der Waals surface area contributed by atoms with Gasteiger partial charge in [-0.2, -0.15) is 0 Å². The Labute approximate surface area is 120 Å². The first-order chi connectivity index (χ1) is 9.66. The van der Waals surface area contributed by atoms with E-state index in [1.54, 1.807) is 0 Å². The molecule has 2 N–H and O–H groups in total. The molecule has 2 rings (SSSR count). The van der Waals surface area contributed by atoms with Crippen molar-refractivity contribution in [2.75, 3.05) is 6.54 Å². The van der Waals surface area contributed by atoms with Gasteiger partial charge in [0.05, 0.1) is 0 Å². The summed E-state index contributed by atoms with van der Waals surface area (Å²) in [6.45, 7) is 0.759. The number of carboxylic acid groups (broad SMARTS) is 1. The zero-order valence-electron chi connectivity index (χ0n) is 12.0. The Bertz CT molecular complexity index is 378. The smallest absolute Gasteiger partial charge is 0.303 e. The normalized spacial score (nSPS) is 26.9. The van der Waals surface area contributed by atoms with Crippen LogP contribution in [0, 0.1) is 17.8 Å². The molecular formula is C16H25NO3. The van der Waals surface area contributed by atoms with Crippen molar-refractivity contribution in [2.45, 2.75) is 51.4 Å². The monoisotopic (exact) mass is 279 g/mol. The average molecular weight is 279 g/mol. The third kappa shape index (κ3) is 4.36. The first-order valence-corrected chi connectivity index (χ1v) is 7.84. The SMILES string of the molecule is O=C(O)CCCCCCCNC(=O)C1CC2C=CC1C2. The number of fused-ring (bicyclic) bond motifs is 2. The van der Waals surface area contributed by atoms with Crippen LogP contribution < -0.4 is 5.32 Å². The van der Waals surface area contributed by atoms with Gasteiger partial charge in [0.1, 0.15) is 0 Å². The van der Waals surface area contributed by atoms with Crippen molar-refractivity contribution >= 4 is 11.9 Å². The summed E-state index contributed by atoms with van der Waals surface area (Å²) >= 11 is 0. The van der Waals surface area contributed by atoms with E-state index in [2.05, 4.69) is 17.5 Å². The maximum Gasteiger partial charge on any atom is 0.303 e. The fourth-order valence-corrected chi connectivity index (χ4v) is 3.36. The molecule has 0 radical (unpaired) electrons. The maximum atomic E-state index is 12.0. The second-order valence-electron chi connectivity index (χ2n) is 6.09. The molecule has 0 heterocycles. The summed E-state index contributed by atoms with van der Waals surface area (Å²) in [7, 11) is 0. The van der Waals surface area contributed by atoms with Gasteiger partial charge in [-0.25, -0.2) is 0 Å². The summed E-state index contributed by atoms with van der Waals surface area (Å²) in [5, 5.41) is 11.6. The average Bonchev–Trinajstić information content (AvgIpc) is 3.03. The van der Waals surface area contributed by atoms with Crippen LogP contribution in [0.1, 0.15) is 51.4 Å². The fourth-order valence-electron chi connectivity index (χ4n) is 3.36. The van der Waals surface area contributed by atoms with Gasteiger partial charge in [-0.15, -0.1) is 0 Å². The summed E-state index contributed by atoms with van der Waals surface area (Å²) in [6, 6.07) is 0. The first-order valence-electron chi connectivity index (χ1n) is 7.84. The lowest BCUT2D eigenvalue weighted by atomic mass is 9.93. The molecule has 3 atom stereocenters. The van der Waals surface area contributed by atoms with Gasteiger partial charge in [-0.3, -0.25) is 9.59 Å². The lowest BCUT2D eigenvalue weighted by Crippen LogP contribution is -2.33. The Balaban J connectivity index is 1.46. The highest BCUT2D eigenvalue weighted by molar-refractivity contribution is 5.79. The summed E-state index contributed by atoms with van der Waals surface area (Å²) in [5.74, 6) is 0.853. The summed E-state index contributed by atoms with van der Waals surface area (Å²) in [6.07, 6.45) is 11.8. The van der Waals surface area contributed by atoms with Crippen LogP contribution in [0.15, 0.2) is 12.2 Å². The predicted octanol–water partition coefficient (Wildman–Crippen LogP) is 2.74. The van der Waals surface area contributed by atoms with E-state index >= 15 is 0 Å². The lowest BCUT2D eigenvalue weighted by Gasteiger charge is -2.17. The molecule has 0 aromatic rings. The van der Waals surface area contributed by atoms with Gasteiger partial charge in [-0.05, 0) is 37.5 Å². The molecule has 112 valence electrons. The number of hydrogen-bond acceptors (Lipinski definition) is 2. The van der Waals surface area contributed by atoms with Gasteiger partial charge in [0.2, 0.25) is 5.91 Å². The highest BCUT2D eigenvalue weighted by atomic mass is 16.4. The zero-order chi connectivity index (χ0) is 14.4.